The predicted molar refractivity (Wildman–Crippen MR) is 158 cm³/mol. The van der Waals surface area contributed by atoms with Crippen LogP contribution in [0.25, 0.3) is 10.8 Å². The van der Waals surface area contributed by atoms with Gasteiger partial charge in [-0.3, -0.25) is 13.9 Å². The SMILES string of the molecule is Cc1cc(C)cc(S(=O)(=O)N(CC(=O)OC(C)(C)C)c2ccc3cc(C(=O)NCc4ccccc4)ccc3c2)c1. The zero-order valence-corrected chi connectivity index (χ0v) is 24.2. The summed E-state index contributed by atoms with van der Waals surface area (Å²) in [5.41, 5.74) is 2.63. The number of carbonyl (C=O) groups is 2. The molecule has 1 N–H and O–H groups in total. The molecule has 1 amide bonds. The van der Waals surface area contributed by atoms with Crippen LogP contribution in [0.15, 0.2) is 89.8 Å². The van der Waals surface area contributed by atoms with Gasteiger partial charge >= 0.3 is 5.97 Å². The average Bonchev–Trinajstić information content (AvgIpc) is 2.88. The van der Waals surface area contributed by atoms with E-state index in [1.165, 1.54) is 0 Å². The van der Waals surface area contributed by atoms with Gasteiger partial charge in [0, 0.05) is 12.1 Å². The third-order valence-corrected chi connectivity index (χ3v) is 7.90. The van der Waals surface area contributed by atoms with E-state index < -0.39 is 28.1 Å². The summed E-state index contributed by atoms with van der Waals surface area (Å²) in [5.74, 6) is -0.871. The van der Waals surface area contributed by atoms with Gasteiger partial charge in [0.25, 0.3) is 15.9 Å². The number of aryl methyl sites for hydroxylation is 2. The number of nitrogens with zero attached hydrogens (tertiary/aromatic N) is 1. The highest BCUT2D eigenvalue weighted by atomic mass is 32.2. The lowest BCUT2D eigenvalue weighted by Gasteiger charge is -2.27. The van der Waals surface area contributed by atoms with E-state index >= 15 is 0 Å². The second-order valence-corrected chi connectivity index (χ2v) is 12.7. The first kappa shape index (κ1) is 28.8. The molecule has 0 saturated heterocycles. The fraction of sp³-hybridized carbons (Fsp3) is 0.250. The number of hydrogen-bond acceptors (Lipinski definition) is 5. The maximum atomic E-state index is 13.9. The summed E-state index contributed by atoms with van der Waals surface area (Å²) >= 11 is 0. The normalized spacial score (nSPS) is 11.7. The highest BCUT2D eigenvalue weighted by Gasteiger charge is 2.30. The van der Waals surface area contributed by atoms with Crippen LogP contribution < -0.4 is 9.62 Å². The first-order chi connectivity index (χ1) is 18.8. The molecule has 8 heteroatoms. The Morgan fingerprint density at radius 2 is 1.45 bits per heavy atom. The summed E-state index contributed by atoms with van der Waals surface area (Å²) in [5, 5.41) is 4.40. The van der Waals surface area contributed by atoms with Crippen molar-refractivity contribution in [2.45, 2.75) is 51.7 Å². The molecule has 0 heterocycles. The number of hydrogen-bond donors (Lipinski definition) is 1. The first-order valence-corrected chi connectivity index (χ1v) is 14.4. The minimum Gasteiger partial charge on any atom is -0.459 e. The van der Waals surface area contributed by atoms with E-state index in [0.717, 1.165) is 31.8 Å². The summed E-state index contributed by atoms with van der Waals surface area (Å²) in [6.45, 7) is 8.78. The summed E-state index contributed by atoms with van der Waals surface area (Å²) in [6, 6.07) is 25.0. The number of nitrogens with one attached hydrogen (secondary N) is 1. The molecule has 0 atom stereocenters. The second-order valence-electron chi connectivity index (χ2n) is 10.8. The Kier molecular flexibility index (Phi) is 8.30. The zero-order chi connectivity index (χ0) is 29.1. The molecule has 4 rings (SSSR count). The third-order valence-electron chi connectivity index (χ3n) is 6.15. The van der Waals surface area contributed by atoms with E-state index in [1.54, 1.807) is 69.3 Å². The van der Waals surface area contributed by atoms with Gasteiger partial charge in [-0.2, -0.15) is 0 Å². The van der Waals surface area contributed by atoms with Crippen molar-refractivity contribution in [1.29, 1.82) is 0 Å². The molecule has 0 aromatic heterocycles. The second kappa shape index (κ2) is 11.5. The monoisotopic (exact) mass is 558 g/mol. The zero-order valence-electron chi connectivity index (χ0n) is 23.4. The molecule has 0 aliphatic carbocycles. The lowest BCUT2D eigenvalue weighted by Crippen LogP contribution is -2.39. The van der Waals surface area contributed by atoms with Crippen molar-refractivity contribution in [3.63, 3.8) is 0 Å². The molecule has 0 saturated carbocycles. The standard InChI is InChI=1S/C32H34N2O5S/c1-22-15-23(2)17-29(16-22)40(37,38)34(21-30(35)39-32(3,4)5)28-14-13-25-18-27(12-11-26(25)19-28)31(36)33-20-24-9-7-6-8-10-24/h6-19H,20-21H2,1-5H3,(H,33,36). The molecule has 208 valence electrons. The molecule has 40 heavy (non-hydrogen) atoms. The Hall–Kier alpha value is -4.17. The molecule has 0 spiro atoms. The topological polar surface area (TPSA) is 92.8 Å². The van der Waals surface area contributed by atoms with Crippen molar-refractivity contribution in [3.05, 3.63) is 107 Å². The summed E-state index contributed by atoms with van der Waals surface area (Å²) in [4.78, 5) is 25.7. The number of carbonyl (C=O) groups excluding carboxylic acids is 2. The van der Waals surface area contributed by atoms with Gasteiger partial charge in [0.1, 0.15) is 12.1 Å². The summed E-state index contributed by atoms with van der Waals surface area (Å²) in [7, 11) is -4.11. The van der Waals surface area contributed by atoms with Crippen molar-refractivity contribution < 1.29 is 22.7 Å². The van der Waals surface area contributed by atoms with Gasteiger partial charge < -0.3 is 10.1 Å². The number of benzene rings is 4. The molecule has 0 unspecified atom stereocenters. The van der Waals surface area contributed by atoms with E-state index in [2.05, 4.69) is 5.32 Å². The van der Waals surface area contributed by atoms with Gasteiger partial charge in [-0.05, 0) is 98.5 Å². The van der Waals surface area contributed by atoms with Crippen molar-refractivity contribution >= 4 is 38.4 Å². The molecule has 0 fully saturated rings. The smallest absolute Gasteiger partial charge is 0.327 e. The number of anilines is 1. The molecule has 0 radical (unpaired) electrons. The Labute approximate surface area is 235 Å². The van der Waals surface area contributed by atoms with E-state index in [-0.39, 0.29) is 10.8 Å². The molecule has 0 aliphatic heterocycles. The van der Waals surface area contributed by atoms with Gasteiger partial charge in [-0.25, -0.2) is 8.42 Å². The van der Waals surface area contributed by atoms with E-state index in [1.807, 2.05) is 50.2 Å². The first-order valence-electron chi connectivity index (χ1n) is 13.0. The van der Waals surface area contributed by atoms with Crippen LogP contribution in [0.4, 0.5) is 5.69 Å². The van der Waals surface area contributed by atoms with Crippen LogP contribution in [0.3, 0.4) is 0 Å². The largest absolute Gasteiger partial charge is 0.459 e. The molecular formula is C32H34N2O5S. The van der Waals surface area contributed by atoms with Gasteiger partial charge in [0.15, 0.2) is 0 Å². The summed E-state index contributed by atoms with van der Waals surface area (Å²) < 4.78 is 34.3. The lowest BCUT2D eigenvalue weighted by molar-refractivity contribution is -0.152. The van der Waals surface area contributed by atoms with Crippen molar-refractivity contribution in [2.75, 3.05) is 10.8 Å². The van der Waals surface area contributed by atoms with Crippen molar-refractivity contribution in [2.24, 2.45) is 0 Å². The molecule has 7 nitrogen and oxygen atoms in total. The van der Waals surface area contributed by atoms with Gasteiger partial charge in [-0.1, -0.05) is 48.5 Å². The van der Waals surface area contributed by atoms with Crippen LogP contribution in [0.5, 0.6) is 0 Å². The van der Waals surface area contributed by atoms with E-state index in [4.69, 9.17) is 4.74 Å². The highest BCUT2D eigenvalue weighted by Crippen LogP contribution is 2.29. The fourth-order valence-electron chi connectivity index (χ4n) is 4.42. The van der Waals surface area contributed by atoms with Crippen molar-refractivity contribution in [1.82, 2.24) is 5.32 Å². The van der Waals surface area contributed by atoms with Crippen LogP contribution in [-0.2, 0) is 26.1 Å². The van der Waals surface area contributed by atoms with Crippen LogP contribution >= 0.6 is 0 Å². The maximum Gasteiger partial charge on any atom is 0.327 e. The van der Waals surface area contributed by atoms with Gasteiger partial charge in [-0.15, -0.1) is 0 Å². The minimum absolute atomic E-state index is 0.0964. The van der Waals surface area contributed by atoms with Crippen LogP contribution in [0.1, 0.15) is 47.8 Å². The molecular weight excluding hydrogens is 524 g/mol. The molecule has 4 aromatic rings. The Balaban J connectivity index is 1.67. The van der Waals surface area contributed by atoms with Gasteiger partial charge in [0.05, 0.1) is 10.6 Å². The number of ether oxygens (including phenoxy) is 1. The Morgan fingerprint density at radius 1 is 0.825 bits per heavy atom. The molecule has 4 aromatic carbocycles. The minimum atomic E-state index is -4.11. The van der Waals surface area contributed by atoms with E-state index in [0.29, 0.717) is 17.8 Å². The number of fused-ring (bicyclic) bond motifs is 1. The highest BCUT2D eigenvalue weighted by molar-refractivity contribution is 7.92. The van der Waals surface area contributed by atoms with Crippen molar-refractivity contribution in [3.8, 4) is 0 Å². The Bertz CT molecular complexity index is 1640. The summed E-state index contributed by atoms with van der Waals surface area (Å²) in [6.07, 6.45) is 0. The number of sulfonamides is 1. The average molecular weight is 559 g/mol. The van der Waals surface area contributed by atoms with Gasteiger partial charge in [0.2, 0.25) is 0 Å². The fourth-order valence-corrected chi connectivity index (χ4v) is 6.02. The number of esters is 1. The lowest BCUT2D eigenvalue weighted by atomic mass is 10.1. The quantitative estimate of drug-likeness (QED) is 0.271. The van der Waals surface area contributed by atoms with Crippen LogP contribution in [-0.4, -0.2) is 32.4 Å². The van der Waals surface area contributed by atoms with Crippen LogP contribution in [0.2, 0.25) is 0 Å². The number of amides is 1. The van der Waals surface area contributed by atoms with E-state index in [9.17, 15) is 18.0 Å². The third kappa shape index (κ3) is 7.07. The number of rotatable bonds is 8. The van der Waals surface area contributed by atoms with Crippen LogP contribution in [0, 0.1) is 13.8 Å². The molecule has 0 aliphatic rings. The molecule has 0 bridgehead atoms. The predicted octanol–water partition coefficient (Wildman–Crippen LogP) is 5.92. The Morgan fingerprint density at radius 3 is 2.10 bits per heavy atom. The maximum absolute atomic E-state index is 13.9.